The molecule has 0 aromatic carbocycles. The summed E-state index contributed by atoms with van der Waals surface area (Å²) in [7, 11) is 0. The van der Waals surface area contributed by atoms with Crippen LogP contribution >= 0.6 is 11.3 Å². The molecule has 1 saturated heterocycles. The van der Waals surface area contributed by atoms with Gasteiger partial charge in [-0.05, 0) is 32.6 Å². The molecular weight excluding hydrogens is 270 g/mol. The number of amides is 1. The van der Waals surface area contributed by atoms with Crippen molar-refractivity contribution in [2.24, 2.45) is 5.92 Å². The molecule has 1 amide bonds. The zero-order chi connectivity index (χ0) is 13.9. The van der Waals surface area contributed by atoms with Gasteiger partial charge in [0.2, 0.25) is 5.91 Å². The van der Waals surface area contributed by atoms with E-state index in [0.29, 0.717) is 17.7 Å². The van der Waals surface area contributed by atoms with Gasteiger partial charge >= 0.3 is 0 Å². The Morgan fingerprint density at radius 2 is 1.95 bits per heavy atom. The quantitative estimate of drug-likeness (QED) is 0.841. The third-order valence-corrected chi connectivity index (χ3v) is 5.58. The molecule has 0 N–H and O–H groups in total. The first kappa shape index (κ1) is 14.0. The van der Waals surface area contributed by atoms with E-state index in [2.05, 4.69) is 15.1 Å². The van der Waals surface area contributed by atoms with E-state index in [4.69, 9.17) is 0 Å². The highest BCUT2D eigenvalue weighted by atomic mass is 32.1. The van der Waals surface area contributed by atoms with Crippen LogP contribution in [0.25, 0.3) is 0 Å². The van der Waals surface area contributed by atoms with Crippen molar-refractivity contribution in [3.8, 4) is 0 Å². The second kappa shape index (κ2) is 6.20. The molecular formula is C15H23N3OS. The maximum Gasteiger partial charge on any atom is 0.225 e. The molecule has 1 aliphatic carbocycles. The number of rotatable bonds is 2. The maximum absolute atomic E-state index is 12.6. The molecule has 110 valence electrons. The normalized spacial score (nSPS) is 24.9. The molecule has 0 bridgehead atoms. The van der Waals surface area contributed by atoms with Gasteiger partial charge in [-0.1, -0.05) is 19.3 Å². The van der Waals surface area contributed by atoms with Crippen LogP contribution in [-0.4, -0.2) is 34.1 Å². The Morgan fingerprint density at radius 3 is 2.65 bits per heavy atom. The summed E-state index contributed by atoms with van der Waals surface area (Å²) in [4.78, 5) is 14.7. The summed E-state index contributed by atoms with van der Waals surface area (Å²) in [5, 5.41) is 10.5. The predicted octanol–water partition coefficient (Wildman–Crippen LogP) is 3.13. The number of carbonyl (C=O) groups excluding carboxylic acids is 1. The lowest BCUT2D eigenvalue weighted by molar-refractivity contribution is -0.137. The van der Waals surface area contributed by atoms with E-state index in [1.807, 2.05) is 6.92 Å². The zero-order valence-corrected chi connectivity index (χ0v) is 13.0. The van der Waals surface area contributed by atoms with Crippen LogP contribution in [-0.2, 0) is 4.79 Å². The molecule has 4 nitrogen and oxygen atoms in total. The van der Waals surface area contributed by atoms with E-state index in [0.717, 1.165) is 48.8 Å². The minimum Gasteiger partial charge on any atom is -0.342 e. The van der Waals surface area contributed by atoms with Crippen molar-refractivity contribution >= 4 is 17.2 Å². The van der Waals surface area contributed by atoms with Gasteiger partial charge in [0.1, 0.15) is 10.0 Å². The van der Waals surface area contributed by atoms with E-state index in [9.17, 15) is 4.79 Å². The van der Waals surface area contributed by atoms with E-state index in [-0.39, 0.29) is 0 Å². The lowest BCUT2D eigenvalue weighted by Gasteiger charge is -2.35. The number of aromatic nitrogens is 2. The smallest absolute Gasteiger partial charge is 0.225 e. The highest BCUT2D eigenvalue weighted by molar-refractivity contribution is 7.11. The Hall–Kier alpha value is -0.970. The van der Waals surface area contributed by atoms with Gasteiger partial charge in [-0.25, -0.2) is 0 Å². The Kier molecular flexibility index (Phi) is 4.34. The highest BCUT2D eigenvalue weighted by Crippen LogP contribution is 2.31. The maximum atomic E-state index is 12.6. The molecule has 20 heavy (non-hydrogen) atoms. The van der Waals surface area contributed by atoms with Crippen LogP contribution in [0.4, 0.5) is 0 Å². The lowest BCUT2D eigenvalue weighted by atomic mass is 9.87. The lowest BCUT2D eigenvalue weighted by Crippen LogP contribution is -2.42. The van der Waals surface area contributed by atoms with Crippen LogP contribution < -0.4 is 0 Å². The van der Waals surface area contributed by atoms with Crippen LogP contribution in [0.1, 0.15) is 60.9 Å². The molecule has 1 atom stereocenters. The third kappa shape index (κ3) is 3.03. The molecule has 2 aliphatic rings. The van der Waals surface area contributed by atoms with Gasteiger partial charge in [-0.2, -0.15) is 0 Å². The molecule has 2 fully saturated rings. The van der Waals surface area contributed by atoms with E-state index >= 15 is 0 Å². The van der Waals surface area contributed by atoms with Gasteiger partial charge in [0.05, 0.1) is 0 Å². The number of aryl methyl sites for hydroxylation is 1. The van der Waals surface area contributed by atoms with Crippen molar-refractivity contribution in [2.45, 2.75) is 57.8 Å². The van der Waals surface area contributed by atoms with Gasteiger partial charge in [0.15, 0.2) is 0 Å². The Bertz CT molecular complexity index is 467. The molecule has 1 saturated carbocycles. The van der Waals surface area contributed by atoms with Crippen LogP contribution in [0.15, 0.2) is 0 Å². The fourth-order valence-electron chi connectivity index (χ4n) is 3.46. The molecule has 1 unspecified atom stereocenters. The average Bonchev–Trinajstić information content (AvgIpc) is 2.94. The minimum absolute atomic E-state index is 0.290. The van der Waals surface area contributed by atoms with Crippen LogP contribution in [0.5, 0.6) is 0 Å². The number of nitrogens with zero attached hydrogens (tertiary/aromatic N) is 3. The monoisotopic (exact) mass is 293 g/mol. The molecule has 0 spiro atoms. The van der Waals surface area contributed by atoms with E-state index in [1.165, 1.54) is 19.3 Å². The first-order valence-electron chi connectivity index (χ1n) is 7.83. The van der Waals surface area contributed by atoms with Crippen LogP contribution in [0.2, 0.25) is 0 Å². The van der Waals surface area contributed by atoms with Crippen molar-refractivity contribution in [3.05, 3.63) is 10.0 Å². The SMILES string of the molecule is Cc1nnc(C2CCCN(C(=O)C3CCCCC3)C2)s1. The number of hydrogen-bond acceptors (Lipinski definition) is 4. The van der Waals surface area contributed by atoms with Gasteiger partial charge < -0.3 is 4.90 Å². The summed E-state index contributed by atoms with van der Waals surface area (Å²) in [5.41, 5.74) is 0. The van der Waals surface area contributed by atoms with E-state index < -0.39 is 0 Å². The first-order valence-corrected chi connectivity index (χ1v) is 8.64. The van der Waals surface area contributed by atoms with Gasteiger partial charge in [-0.3, -0.25) is 4.79 Å². The van der Waals surface area contributed by atoms with E-state index in [1.54, 1.807) is 11.3 Å². The number of carbonyl (C=O) groups is 1. The second-order valence-corrected chi connectivity index (χ2v) is 7.33. The average molecular weight is 293 g/mol. The minimum atomic E-state index is 0.290. The summed E-state index contributed by atoms with van der Waals surface area (Å²) >= 11 is 1.68. The fraction of sp³-hybridized carbons (Fsp3) is 0.800. The standard InChI is InChI=1S/C15H23N3OS/c1-11-16-17-14(20-11)13-8-5-9-18(10-13)15(19)12-6-3-2-4-7-12/h12-13H,2-10H2,1H3. The fourth-order valence-corrected chi connectivity index (χ4v) is 4.29. The Morgan fingerprint density at radius 1 is 1.15 bits per heavy atom. The topological polar surface area (TPSA) is 46.1 Å². The van der Waals surface area contributed by atoms with Gasteiger partial charge in [-0.15, -0.1) is 21.5 Å². The third-order valence-electron chi connectivity index (χ3n) is 4.58. The summed E-state index contributed by atoms with van der Waals surface area (Å²) in [6, 6.07) is 0. The molecule has 1 aliphatic heterocycles. The van der Waals surface area contributed by atoms with Crippen molar-refractivity contribution in [2.75, 3.05) is 13.1 Å². The summed E-state index contributed by atoms with van der Waals surface area (Å²) in [6.45, 7) is 3.78. The summed E-state index contributed by atoms with van der Waals surface area (Å²) in [6.07, 6.45) is 8.18. The van der Waals surface area contributed by atoms with Gasteiger partial charge in [0, 0.05) is 24.9 Å². The number of hydrogen-bond donors (Lipinski definition) is 0. The van der Waals surface area contributed by atoms with Crippen molar-refractivity contribution < 1.29 is 4.79 Å². The highest BCUT2D eigenvalue weighted by Gasteiger charge is 2.31. The number of likely N-dealkylation sites (tertiary alicyclic amines) is 1. The second-order valence-electron chi connectivity index (χ2n) is 6.12. The predicted molar refractivity (Wildman–Crippen MR) is 79.8 cm³/mol. The Balaban J connectivity index is 1.63. The van der Waals surface area contributed by atoms with Gasteiger partial charge in [0.25, 0.3) is 0 Å². The Labute approximate surface area is 124 Å². The van der Waals surface area contributed by atoms with Crippen LogP contribution in [0, 0.1) is 12.8 Å². The molecule has 5 heteroatoms. The summed E-state index contributed by atoms with van der Waals surface area (Å²) < 4.78 is 0. The van der Waals surface area contributed by atoms with Crippen molar-refractivity contribution in [1.82, 2.24) is 15.1 Å². The van der Waals surface area contributed by atoms with Crippen LogP contribution in [0.3, 0.4) is 0 Å². The largest absolute Gasteiger partial charge is 0.342 e. The first-order chi connectivity index (χ1) is 9.74. The molecule has 3 rings (SSSR count). The van der Waals surface area contributed by atoms with Crippen molar-refractivity contribution in [3.63, 3.8) is 0 Å². The number of piperidine rings is 1. The molecule has 2 heterocycles. The molecule has 1 aromatic heterocycles. The molecule has 1 aromatic rings. The van der Waals surface area contributed by atoms with Crippen molar-refractivity contribution in [1.29, 1.82) is 0 Å². The summed E-state index contributed by atoms with van der Waals surface area (Å²) in [5.74, 6) is 1.09. The molecule has 0 radical (unpaired) electrons. The zero-order valence-electron chi connectivity index (χ0n) is 12.2.